The van der Waals surface area contributed by atoms with Crippen molar-refractivity contribution >= 4 is 11.8 Å². The highest BCUT2D eigenvalue weighted by Crippen LogP contribution is 2.66. The second-order valence-electron chi connectivity index (χ2n) is 9.77. The maximum atomic E-state index is 13.1. The summed E-state index contributed by atoms with van der Waals surface area (Å²) < 4.78 is 0. The minimum Gasteiger partial charge on any atom is -0.481 e. The molecule has 3 nitrogen and oxygen atoms in total. The molecule has 4 saturated carbocycles. The zero-order valence-electron chi connectivity index (χ0n) is 15.2. The quantitative estimate of drug-likeness (QED) is 0.798. The van der Waals surface area contributed by atoms with Crippen LogP contribution in [0, 0.1) is 40.4 Å². The van der Waals surface area contributed by atoms with Gasteiger partial charge in [0.2, 0.25) is 0 Å². The number of hydrogen-bond acceptors (Lipinski definition) is 2. The molecule has 7 unspecified atom stereocenters. The minimum atomic E-state index is -0.668. The van der Waals surface area contributed by atoms with Crippen LogP contribution < -0.4 is 0 Å². The van der Waals surface area contributed by atoms with Gasteiger partial charge in [-0.2, -0.15) is 0 Å². The summed E-state index contributed by atoms with van der Waals surface area (Å²) in [5.74, 6) is 1.96. The van der Waals surface area contributed by atoms with E-state index in [1.165, 1.54) is 25.7 Å². The lowest BCUT2D eigenvalue weighted by molar-refractivity contribution is -0.156. The fourth-order valence-corrected chi connectivity index (χ4v) is 7.62. The second-order valence-corrected chi connectivity index (χ2v) is 9.77. The fourth-order valence-electron chi connectivity index (χ4n) is 7.62. The Kier molecular flexibility index (Phi) is 3.85. The van der Waals surface area contributed by atoms with Crippen LogP contribution in [0.25, 0.3) is 0 Å². The average molecular weight is 332 g/mol. The zero-order valence-corrected chi connectivity index (χ0v) is 15.2. The summed E-state index contributed by atoms with van der Waals surface area (Å²) in [5, 5.41) is 9.29. The van der Waals surface area contributed by atoms with Crippen molar-refractivity contribution in [3.05, 3.63) is 0 Å². The molecule has 0 radical (unpaired) electrons. The molecule has 134 valence electrons. The first-order valence-corrected chi connectivity index (χ1v) is 10.1. The van der Waals surface area contributed by atoms with Crippen LogP contribution >= 0.6 is 0 Å². The van der Waals surface area contributed by atoms with Crippen molar-refractivity contribution in [3.63, 3.8) is 0 Å². The van der Waals surface area contributed by atoms with E-state index in [2.05, 4.69) is 13.8 Å². The van der Waals surface area contributed by atoms with Gasteiger partial charge in [0.25, 0.3) is 0 Å². The molecule has 0 aliphatic heterocycles. The molecule has 0 aromatic heterocycles. The molecule has 7 atom stereocenters. The average Bonchev–Trinajstić information content (AvgIpc) is 2.84. The van der Waals surface area contributed by atoms with Crippen LogP contribution in [0.3, 0.4) is 0 Å². The van der Waals surface area contributed by atoms with Crippen LogP contribution in [0.2, 0.25) is 0 Å². The number of fused-ring (bicyclic) bond motifs is 5. The molecule has 4 rings (SSSR count). The lowest BCUT2D eigenvalue weighted by atomic mass is 9.44. The standard InChI is InChI=1S/C21H32O3/c1-20-9-4-3-5-13(20)11-17(22)19-15-7-6-14(12-18(23)24)21(15,2)10-8-16(19)20/h13-16,19H,3-12H2,1-2H3,(H,23,24). The third-order valence-corrected chi connectivity index (χ3v) is 9.00. The minimum absolute atomic E-state index is 0.0765. The van der Waals surface area contributed by atoms with Crippen molar-refractivity contribution < 1.29 is 14.7 Å². The molecular weight excluding hydrogens is 300 g/mol. The van der Waals surface area contributed by atoms with Gasteiger partial charge in [-0.15, -0.1) is 0 Å². The van der Waals surface area contributed by atoms with Gasteiger partial charge >= 0.3 is 5.97 Å². The van der Waals surface area contributed by atoms with Crippen molar-refractivity contribution in [3.8, 4) is 0 Å². The van der Waals surface area contributed by atoms with Gasteiger partial charge in [-0.3, -0.25) is 9.59 Å². The number of carbonyl (C=O) groups is 2. The predicted octanol–water partition coefficient (Wildman–Crippen LogP) is 4.69. The van der Waals surface area contributed by atoms with E-state index >= 15 is 0 Å². The maximum Gasteiger partial charge on any atom is 0.303 e. The number of carboxylic acid groups (broad SMARTS) is 1. The summed E-state index contributed by atoms with van der Waals surface area (Å²) >= 11 is 0. The van der Waals surface area contributed by atoms with E-state index in [9.17, 15) is 14.7 Å². The van der Waals surface area contributed by atoms with Gasteiger partial charge in [-0.25, -0.2) is 0 Å². The van der Waals surface area contributed by atoms with Gasteiger partial charge < -0.3 is 5.11 Å². The van der Waals surface area contributed by atoms with E-state index in [1.807, 2.05) is 0 Å². The molecule has 4 aliphatic carbocycles. The van der Waals surface area contributed by atoms with Crippen LogP contribution in [0.5, 0.6) is 0 Å². The second kappa shape index (κ2) is 5.57. The number of aliphatic carboxylic acids is 1. The summed E-state index contributed by atoms with van der Waals surface area (Å²) in [6.45, 7) is 4.78. The molecule has 0 spiro atoms. The molecular formula is C21H32O3. The molecule has 24 heavy (non-hydrogen) atoms. The number of rotatable bonds is 2. The Morgan fingerprint density at radius 1 is 1.04 bits per heavy atom. The van der Waals surface area contributed by atoms with Gasteiger partial charge in [0.15, 0.2) is 0 Å². The third-order valence-electron chi connectivity index (χ3n) is 9.00. The predicted molar refractivity (Wildman–Crippen MR) is 92.5 cm³/mol. The van der Waals surface area contributed by atoms with Crippen LogP contribution in [0.1, 0.15) is 78.1 Å². The van der Waals surface area contributed by atoms with E-state index in [4.69, 9.17) is 0 Å². The zero-order chi connectivity index (χ0) is 17.1. The molecule has 0 amide bonds. The Bertz CT molecular complexity index is 555. The van der Waals surface area contributed by atoms with Crippen molar-refractivity contribution in [1.29, 1.82) is 0 Å². The van der Waals surface area contributed by atoms with E-state index < -0.39 is 5.97 Å². The smallest absolute Gasteiger partial charge is 0.303 e. The Morgan fingerprint density at radius 2 is 1.79 bits per heavy atom. The Balaban J connectivity index is 1.64. The summed E-state index contributed by atoms with van der Waals surface area (Å²) in [5.41, 5.74) is 0.441. The number of hydrogen-bond donors (Lipinski definition) is 1. The number of Topliss-reactive ketones (excluding diaryl/α,β-unsaturated/α-hetero) is 1. The van der Waals surface area contributed by atoms with Gasteiger partial charge in [-0.1, -0.05) is 26.7 Å². The molecule has 0 aromatic carbocycles. The molecule has 1 N–H and O–H groups in total. The summed E-state index contributed by atoms with van der Waals surface area (Å²) in [6.07, 6.45) is 10.6. The molecule has 4 fully saturated rings. The normalized spacial score (nSPS) is 50.8. The first kappa shape index (κ1) is 16.6. The Labute approximate surface area is 145 Å². The van der Waals surface area contributed by atoms with Crippen molar-refractivity contribution in [2.45, 2.75) is 78.1 Å². The summed E-state index contributed by atoms with van der Waals surface area (Å²) in [4.78, 5) is 24.4. The summed E-state index contributed by atoms with van der Waals surface area (Å²) in [6, 6.07) is 0. The first-order valence-electron chi connectivity index (χ1n) is 10.1. The number of carboxylic acids is 1. The van der Waals surface area contributed by atoms with Crippen LogP contribution in [0.4, 0.5) is 0 Å². The van der Waals surface area contributed by atoms with Crippen LogP contribution in [-0.4, -0.2) is 16.9 Å². The lowest BCUT2D eigenvalue weighted by Gasteiger charge is -2.59. The fraction of sp³-hybridized carbons (Fsp3) is 0.905. The monoisotopic (exact) mass is 332 g/mol. The molecule has 3 heteroatoms. The molecule has 0 heterocycles. The van der Waals surface area contributed by atoms with Gasteiger partial charge in [0.05, 0.1) is 0 Å². The topological polar surface area (TPSA) is 54.4 Å². The van der Waals surface area contributed by atoms with E-state index in [-0.39, 0.29) is 17.3 Å². The van der Waals surface area contributed by atoms with E-state index in [1.54, 1.807) is 0 Å². The number of carbonyl (C=O) groups excluding carboxylic acids is 1. The van der Waals surface area contributed by atoms with Gasteiger partial charge in [0, 0.05) is 18.8 Å². The Hall–Kier alpha value is -0.860. The third kappa shape index (κ3) is 2.22. The molecule has 0 saturated heterocycles. The first-order chi connectivity index (χ1) is 11.4. The van der Waals surface area contributed by atoms with Crippen LogP contribution in [0.15, 0.2) is 0 Å². The van der Waals surface area contributed by atoms with Gasteiger partial charge in [-0.05, 0) is 73.0 Å². The van der Waals surface area contributed by atoms with Crippen molar-refractivity contribution in [2.75, 3.05) is 0 Å². The SMILES string of the molecule is CC12CCC3C(C(=O)CC4CCCCC43C)C1CCC2CC(=O)O. The number of ketones is 1. The van der Waals surface area contributed by atoms with E-state index in [0.717, 1.165) is 32.1 Å². The Morgan fingerprint density at radius 3 is 2.54 bits per heavy atom. The largest absolute Gasteiger partial charge is 0.481 e. The molecule has 0 aromatic rings. The highest BCUT2D eigenvalue weighted by atomic mass is 16.4. The highest BCUT2D eigenvalue weighted by molar-refractivity contribution is 5.83. The van der Waals surface area contributed by atoms with Crippen LogP contribution in [-0.2, 0) is 9.59 Å². The maximum absolute atomic E-state index is 13.1. The van der Waals surface area contributed by atoms with Gasteiger partial charge in [0.1, 0.15) is 5.78 Å². The lowest BCUT2D eigenvalue weighted by Crippen LogP contribution is -2.56. The van der Waals surface area contributed by atoms with Crippen molar-refractivity contribution in [1.82, 2.24) is 0 Å². The van der Waals surface area contributed by atoms with Crippen molar-refractivity contribution in [2.24, 2.45) is 40.4 Å². The summed E-state index contributed by atoms with van der Waals surface area (Å²) in [7, 11) is 0. The van der Waals surface area contributed by atoms with E-state index in [0.29, 0.717) is 35.4 Å². The highest BCUT2D eigenvalue weighted by Gasteiger charge is 2.62. The molecule has 4 aliphatic rings. The molecule has 0 bridgehead atoms.